The van der Waals surface area contributed by atoms with Crippen LogP contribution >= 0.6 is 0 Å². The average molecular weight is 235 g/mol. The van der Waals surface area contributed by atoms with Gasteiger partial charge < -0.3 is 5.11 Å². The minimum absolute atomic E-state index is 0.271. The van der Waals surface area contributed by atoms with Gasteiger partial charge in [0.25, 0.3) is 0 Å². The Bertz CT molecular complexity index is 585. The zero-order valence-electron chi connectivity index (χ0n) is 9.82. The summed E-state index contributed by atoms with van der Waals surface area (Å²) >= 11 is 0. The van der Waals surface area contributed by atoms with E-state index < -0.39 is 5.54 Å². The number of hydrogen-bond acceptors (Lipinski definition) is 2. The summed E-state index contributed by atoms with van der Waals surface area (Å²) in [5.41, 5.74) is 1.73. The number of allylic oxidation sites excluding steroid dienone is 1. The molecule has 0 spiro atoms. The number of rotatable bonds is 2. The van der Waals surface area contributed by atoms with Crippen molar-refractivity contribution in [3.63, 3.8) is 0 Å². The number of phenols is 1. The highest BCUT2D eigenvalue weighted by Gasteiger charge is 2.32. The van der Waals surface area contributed by atoms with Crippen molar-refractivity contribution in [3.8, 4) is 5.75 Å². The lowest BCUT2D eigenvalue weighted by atomic mass is 9.84. The lowest BCUT2D eigenvalue weighted by Crippen LogP contribution is -2.20. The van der Waals surface area contributed by atoms with Crippen LogP contribution in [-0.4, -0.2) is 11.3 Å². The van der Waals surface area contributed by atoms with E-state index in [0.29, 0.717) is 0 Å². The number of nitrogens with zero attached hydrogens (tertiary/aromatic N) is 1. The predicted octanol–water partition coefficient (Wildman–Crippen LogP) is 3.28. The summed E-state index contributed by atoms with van der Waals surface area (Å²) in [6, 6.07) is 17.4. The van der Waals surface area contributed by atoms with Crippen LogP contribution in [-0.2, 0) is 5.54 Å². The van der Waals surface area contributed by atoms with E-state index in [1.165, 1.54) is 0 Å². The maximum absolute atomic E-state index is 9.40. The van der Waals surface area contributed by atoms with Crippen LogP contribution < -0.4 is 0 Å². The van der Waals surface area contributed by atoms with Gasteiger partial charge in [-0.05, 0) is 35.4 Å². The average Bonchev–Trinajstić information content (AvgIpc) is 2.91. The van der Waals surface area contributed by atoms with Gasteiger partial charge in [-0.3, -0.25) is 4.99 Å². The number of aromatic hydroxyl groups is 1. The molecule has 1 aliphatic rings. The molecule has 1 atom stereocenters. The molecule has 1 aliphatic heterocycles. The zero-order valence-corrected chi connectivity index (χ0v) is 9.82. The molecule has 0 amide bonds. The topological polar surface area (TPSA) is 32.6 Å². The van der Waals surface area contributed by atoms with Gasteiger partial charge in [0.1, 0.15) is 11.3 Å². The van der Waals surface area contributed by atoms with Gasteiger partial charge in [-0.2, -0.15) is 0 Å². The van der Waals surface area contributed by atoms with Crippen molar-refractivity contribution in [3.05, 3.63) is 77.9 Å². The van der Waals surface area contributed by atoms with Crippen molar-refractivity contribution in [2.75, 3.05) is 0 Å². The van der Waals surface area contributed by atoms with E-state index in [4.69, 9.17) is 0 Å². The Kier molecular flexibility index (Phi) is 2.49. The van der Waals surface area contributed by atoms with Gasteiger partial charge in [-0.15, -0.1) is 0 Å². The minimum atomic E-state index is -0.449. The van der Waals surface area contributed by atoms with E-state index in [1.807, 2.05) is 42.6 Å². The quantitative estimate of drug-likeness (QED) is 0.851. The highest BCUT2D eigenvalue weighted by Crippen LogP contribution is 2.37. The third-order valence-corrected chi connectivity index (χ3v) is 3.22. The molecule has 3 rings (SSSR count). The monoisotopic (exact) mass is 235 g/mol. The van der Waals surface area contributed by atoms with Gasteiger partial charge in [0.05, 0.1) is 0 Å². The lowest BCUT2D eigenvalue weighted by molar-refractivity contribution is 0.474. The Balaban J connectivity index is 2.17. The second-order valence-electron chi connectivity index (χ2n) is 4.32. The van der Waals surface area contributed by atoms with E-state index in [1.54, 1.807) is 12.1 Å². The fourth-order valence-corrected chi connectivity index (χ4v) is 2.30. The van der Waals surface area contributed by atoms with Crippen molar-refractivity contribution in [1.29, 1.82) is 0 Å². The largest absolute Gasteiger partial charge is 0.508 e. The Labute approximate surface area is 106 Å². The molecule has 2 aromatic carbocycles. The molecule has 1 N–H and O–H groups in total. The first kappa shape index (κ1) is 10.8. The summed E-state index contributed by atoms with van der Waals surface area (Å²) in [6.45, 7) is 0. The molecule has 0 bridgehead atoms. The summed E-state index contributed by atoms with van der Waals surface area (Å²) in [5, 5.41) is 9.40. The second kappa shape index (κ2) is 4.15. The number of hydrogen-bond donors (Lipinski definition) is 1. The first-order chi connectivity index (χ1) is 8.81. The molecule has 0 saturated heterocycles. The predicted molar refractivity (Wildman–Crippen MR) is 73.0 cm³/mol. The fraction of sp³-hybridized carbons (Fsp3) is 0.0625. The maximum Gasteiger partial charge on any atom is 0.129 e. The summed E-state index contributed by atoms with van der Waals surface area (Å²) in [5.74, 6) is 0.271. The first-order valence-electron chi connectivity index (χ1n) is 5.89. The lowest BCUT2D eigenvalue weighted by Gasteiger charge is -2.25. The standard InChI is InChI=1S/C16H13NO/c18-15-9-7-14(8-10-15)16(11-4-12-17-16)13-5-2-1-3-6-13/h1-12,18H. The second-order valence-corrected chi connectivity index (χ2v) is 4.32. The van der Waals surface area contributed by atoms with Crippen molar-refractivity contribution in [1.82, 2.24) is 0 Å². The van der Waals surface area contributed by atoms with Crippen LogP contribution in [0.3, 0.4) is 0 Å². The van der Waals surface area contributed by atoms with Gasteiger partial charge in [0.2, 0.25) is 0 Å². The van der Waals surface area contributed by atoms with Crippen LogP contribution in [0.25, 0.3) is 0 Å². The van der Waals surface area contributed by atoms with E-state index in [9.17, 15) is 5.11 Å². The molecule has 2 heteroatoms. The van der Waals surface area contributed by atoms with Crippen LogP contribution in [0.2, 0.25) is 0 Å². The maximum atomic E-state index is 9.40. The summed E-state index contributed by atoms with van der Waals surface area (Å²) in [6.07, 6.45) is 5.86. The van der Waals surface area contributed by atoms with Gasteiger partial charge in [-0.1, -0.05) is 42.5 Å². The van der Waals surface area contributed by atoms with Gasteiger partial charge >= 0.3 is 0 Å². The Morgan fingerprint density at radius 3 is 2.11 bits per heavy atom. The van der Waals surface area contributed by atoms with Crippen molar-refractivity contribution >= 4 is 6.21 Å². The van der Waals surface area contributed by atoms with E-state index in [0.717, 1.165) is 11.1 Å². The number of aliphatic imine (C=N–C) groups is 1. The smallest absolute Gasteiger partial charge is 0.129 e. The molecular formula is C16H13NO. The van der Waals surface area contributed by atoms with E-state index in [-0.39, 0.29) is 5.75 Å². The fourth-order valence-electron chi connectivity index (χ4n) is 2.30. The summed E-state index contributed by atoms with van der Waals surface area (Å²) < 4.78 is 0. The summed E-state index contributed by atoms with van der Waals surface area (Å²) in [4.78, 5) is 4.62. The Morgan fingerprint density at radius 2 is 1.50 bits per heavy atom. The van der Waals surface area contributed by atoms with Crippen LogP contribution in [0, 0.1) is 0 Å². The molecule has 18 heavy (non-hydrogen) atoms. The Morgan fingerprint density at radius 1 is 0.833 bits per heavy atom. The van der Waals surface area contributed by atoms with Crippen molar-refractivity contribution < 1.29 is 5.11 Å². The normalized spacial score (nSPS) is 21.3. The molecule has 1 heterocycles. The van der Waals surface area contributed by atoms with Crippen LogP contribution in [0.4, 0.5) is 0 Å². The minimum Gasteiger partial charge on any atom is -0.508 e. The molecule has 0 aromatic heterocycles. The van der Waals surface area contributed by atoms with Crippen molar-refractivity contribution in [2.24, 2.45) is 4.99 Å². The van der Waals surface area contributed by atoms with Gasteiger partial charge in [-0.25, -0.2) is 0 Å². The highest BCUT2D eigenvalue weighted by molar-refractivity contribution is 5.77. The molecule has 0 saturated carbocycles. The SMILES string of the molecule is Oc1ccc(C2(c3ccccc3)C=CC=N2)cc1. The number of benzene rings is 2. The van der Waals surface area contributed by atoms with E-state index in [2.05, 4.69) is 23.2 Å². The highest BCUT2D eigenvalue weighted by atomic mass is 16.3. The molecular weight excluding hydrogens is 222 g/mol. The van der Waals surface area contributed by atoms with Gasteiger partial charge in [0.15, 0.2) is 0 Å². The molecule has 0 radical (unpaired) electrons. The molecule has 88 valence electrons. The van der Waals surface area contributed by atoms with Crippen LogP contribution in [0.15, 0.2) is 71.7 Å². The first-order valence-corrected chi connectivity index (χ1v) is 5.89. The van der Waals surface area contributed by atoms with Crippen LogP contribution in [0.1, 0.15) is 11.1 Å². The van der Waals surface area contributed by atoms with Gasteiger partial charge in [0, 0.05) is 6.21 Å². The molecule has 2 nitrogen and oxygen atoms in total. The molecule has 2 aromatic rings. The zero-order chi connectivity index (χ0) is 12.4. The van der Waals surface area contributed by atoms with E-state index >= 15 is 0 Å². The number of phenolic OH excluding ortho intramolecular Hbond substituents is 1. The Hall–Kier alpha value is -2.35. The molecule has 1 unspecified atom stereocenters. The third kappa shape index (κ3) is 1.63. The van der Waals surface area contributed by atoms with Crippen LogP contribution in [0.5, 0.6) is 5.75 Å². The summed E-state index contributed by atoms with van der Waals surface area (Å²) in [7, 11) is 0. The van der Waals surface area contributed by atoms with Crippen molar-refractivity contribution in [2.45, 2.75) is 5.54 Å². The molecule has 0 aliphatic carbocycles. The third-order valence-electron chi connectivity index (χ3n) is 3.22. The molecule has 0 fully saturated rings.